The van der Waals surface area contributed by atoms with Gasteiger partial charge >= 0.3 is 0 Å². The van der Waals surface area contributed by atoms with E-state index in [9.17, 15) is 13.2 Å². The molecular weight excluding hydrogens is 310 g/mol. The molecule has 0 spiro atoms. The topological polar surface area (TPSA) is 54.5 Å². The quantitative estimate of drug-likeness (QED) is 0.855. The standard InChI is InChI=1S/C18H23NO3S/c1-17(2)14-7-9-18(17,16(20)11-14)12-23(21,22)19-10-8-13-5-3-4-6-15(13)19/h3-6,14H,7-12H2,1-2H3/t14-,18-/m1/s1. The fraction of sp³-hybridized carbons (Fsp3) is 0.611. The number of fused-ring (bicyclic) bond motifs is 3. The average molecular weight is 333 g/mol. The Labute approximate surface area is 137 Å². The van der Waals surface area contributed by atoms with Gasteiger partial charge in [-0.3, -0.25) is 9.10 Å². The molecule has 2 saturated carbocycles. The van der Waals surface area contributed by atoms with Gasteiger partial charge in [0.1, 0.15) is 5.78 Å². The first-order valence-electron chi connectivity index (χ1n) is 8.40. The number of carbonyl (C=O) groups is 1. The Balaban J connectivity index is 1.71. The van der Waals surface area contributed by atoms with Gasteiger partial charge in [0.15, 0.2) is 0 Å². The van der Waals surface area contributed by atoms with E-state index in [1.54, 1.807) is 0 Å². The summed E-state index contributed by atoms with van der Waals surface area (Å²) in [5.41, 5.74) is 0.973. The minimum atomic E-state index is -3.49. The highest BCUT2D eigenvalue weighted by Crippen LogP contribution is 2.64. The molecule has 2 fully saturated rings. The Kier molecular flexibility index (Phi) is 3.03. The van der Waals surface area contributed by atoms with Gasteiger partial charge in [-0.05, 0) is 42.2 Å². The number of rotatable bonds is 3. The molecule has 2 aliphatic carbocycles. The van der Waals surface area contributed by atoms with Crippen LogP contribution in [0, 0.1) is 16.7 Å². The van der Waals surface area contributed by atoms with Crippen molar-refractivity contribution in [1.29, 1.82) is 0 Å². The number of sulfonamides is 1. The van der Waals surface area contributed by atoms with Crippen LogP contribution < -0.4 is 4.31 Å². The molecule has 1 aromatic carbocycles. The Morgan fingerprint density at radius 3 is 2.65 bits per heavy atom. The van der Waals surface area contributed by atoms with Crippen molar-refractivity contribution in [3.05, 3.63) is 29.8 Å². The molecule has 124 valence electrons. The summed E-state index contributed by atoms with van der Waals surface area (Å²) in [4.78, 5) is 12.6. The van der Waals surface area contributed by atoms with E-state index < -0.39 is 15.4 Å². The van der Waals surface area contributed by atoms with Gasteiger partial charge in [0.25, 0.3) is 0 Å². The van der Waals surface area contributed by atoms with Crippen LogP contribution in [0.5, 0.6) is 0 Å². The third-order valence-electron chi connectivity index (χ3n) is 6.75. The number of hydrogen-bond donors (Lipinski definition) is 0. The second-order valence-electron chi connectivity index (χ2n) is 7.87. The molecule has 0 radical (unpaired) electrons. The van der Waals surface area contributed by atoms with Crippen molar-refractivity contribution < 1.29 is 13.2 Å². The molecule has 0 unspecified atom stereocenters. The van der Waals surface area contributed by atoms with Crippen LogP contribution in [0.2, 0.25) is 0 Å². The molecule has 0 saturated heterocycles. The molecule has 1 heterocycles. The highest BCUT2D eigenvalue weighted by molar-refractivity contribution is 7.92. The largest absolute Gasteiger partial charge is 0.299 e. The van der Waals surface area contributed by atoms with E-state index in [1.807, 2.05) is 24.3 Å². The van der Waals surface area contributed by atoms with Crippen LogP contribution in [-0.4, -0.2) is 26.5 Å². The first-order valence-corrected chi connectivity index (χ1v) is 10.0. The number of anilines is 1. The first kappa shape index (κ1) is 15.2. The van der Waals surface area contributed by atoms with Crippen LogP contribution in [0.4, 0.5) is 5.69 Å². The molecule has 4 nitrogen and oxygen atoms in total. The summed E-state index contributed by atoms with van der Waals surface area (Å²) >= 11 is 0. The predicted molar refractivity (Wildman–Crippen MR) is 89.8 cm³/mol. The van der Waals surface area contributed by atoms with Crippen LogP contribution in [-0.2, 0) is 21.2 Å². The number of para-hydroxylation sites is 1. The predicted octanol–water partition coefficient (Wildman–Crippen LogP) is 2.77. The lowest BCUT2D eigenvalue weighted by Gasteiger charge is -2.37. The van der Waals surface area contributed by atoms with E-state index in [4.69, 9.17) is 0 Å². The third-order valence-corrected chi connectivity index (χ3v) is 8.66. The van der Waals surface area contributed by atoms with Crippen molar-refractivity contribution >= 4 is 21.5 Å². The van der Waals surface area contributed by atoms with Gasteiger partial charge in [0.2, 0.25) is 10.0 Å². The second-order valence-corrected chi connectivity index (χ2v) is 9.77. The smallest absolute Gasteiger partial charge is 0.236 e. The van der Waals surface area contributed by atoms with E-state index >= 15 is 0 Å². The molecule has 3 aliphatic rings. The summed E-state index contributed by atoms with van der Waals surface area (Å²) in [5.74, 6) is 0.474. The highest BCUT2D eigenvalue weighted by atomic mass is 32.2. The van der Waals surface area contributed by atoms with Crippen LogP contribution in [0.25, 0.3) is 0 Å². The molecular formula is C18H23NO3S. The monoisotopic (exact) mass is 333 g/mol. The van der Waals surface area contributed by atoms with E-state index in [0.717, 1.165) is 30.5 Å². The molecule has 0 amide bonds. The molecule has 5 heteroatoms. The van der Waals surface area contributed by atoms with Gasteiger partial charge in [-0.2, -0.15) is 0 Å². The number of carbonyl (C=O) groups excluding carboxylic acids is 1. The average Bonchev–Trinajstić information content (AvgIpc) is 3.07. The van der Waals surface area contributed by atoms with Crippen LogP contribution in [0.1, 0.15) is 38.7 Å². The van der Waals surface area contributed by atoms with Gasteiger partial charge in [-0.15, -0.1) is 0 Å². The lowest BCUT2D eigenvalue weighted by molar-refractivity contribution is -0.128. The zero-order chi connectivity index (χ0) is 16.5. The fourth-order valence-corrected chi connectivity index (χ4v) is 7.40. The van der Waals surface area contributed by atoms with Gasteiger partial charge < -0.3 is 0 Å². The Hall–Kier alpha value is -1.36. The van der Waals surface area contributed by atoms with Gasteiger partial charge in [-0.1, -0.05) is 32.0 Å². The maximum Gasteiger partial charge on any atom is 0.236 e. The number of hydrogen-bond acceptors (Lipinski definition) is 3. The highest BCUT2D eigenvalue weighted by Gasteiger charge is 2.65. The molecule has 2 atom stereocenters. The lowest BCUT2D eigenvalue weighted by atomic mass is 9.70. The summed E-state index contributed by atoms with van der Waals surface area (Å²) in [6, 6.07) is 7.68. The lowest BCUT2D eigenvalue weighted by Crippen LogP contribution is -2.46. The summed E-state index contributed by atoms with van der Waals surface area (Å²) < 4.78 is 27.8. The fourth-order valence-electron chi connectivity index (χ4n) is 5.09. The number of nitrogens with zero attached hydrogens (tertiary/aromatic N) is 1. The molecule has 2 bridgehead atoms. The van der Waals surface area contributed by atoms with Crippen molar-refractivity contribution in [2.45, 2.75) is 39.5 Å². The van der Waals surface area contributed by atoms with Crippen LogP contribution in [0.3, 0.4) is 0 Å². The maximum atomic E-state index is 13.1. The number of ketones is 1. The van der Waals surface area contributed by atoms with Gasteiger partial charge in [-0.25, -0.2) is 8.42 Å². The maximum absolute atomic E-state index is 13.1. The molecule has 0 N–H and O–H groups in total. The van der Waals surface area contributed by atoms with E-state index in [1.165, 1.54) is 4.31 Å². The minimum Gasteiger partial charge on any atom is -0.299 e. The zero-order valence-corrected chi connectivity index (χ0v) is 14.5. The van der Waals surface area contributed by atoms with Crippen molar-refractivity contribution in [3.63, 3.8) is 0 Å². The van der Waals surface area contributed by atoms with Gasteiger partial charge in [0, 0.05) is 13.0 Å². The van der Waals surface area contributed by atoms with Crippen LogP contribution in [0.15, 0.2) is 24.3 Å². The van der Waals surface area contributed by atoms with Crippen molar-refractivity contribution in [3.8, 4) is 0 Å². The van der Waals surface area contributed by atoms with Crippen LogP contribution >= 0.6 is 0 Å². The summed E-state index contributed by atoms with van der Waals surface area (Å²) in [6.45, 7) is 4.67. The molecule has 1 aromatic rings. The van der Waals surface area contributed by atoms with Gasteiger partial charge in [0.05, 0.1) is 16.9 Å². The van der Waals surface area contributed by atoms with E-state index in [-0.39, 0.29) is 17.0 Å². The number of benzene rings is 1. The zero-order valence-electron chi connectivity index (χ0n) is 13.7. The SMILES string of the molecule is CC1(C)[C@@H]2CC[C@@]1(CS(=O)(=O)N1CCc3ccccc31)C(=O)C2. The Bertz CT molecular complexity index is 783. The molecule has 0 aromatic heterocycles. The third kappa shape index (κ3) is 1.89. The van der Waals surface area contributed by atoms with E-state index in [0.29, 0.717) is 18.9 Å². The van der Waals surface area contributed by atoms with Crippen molar-refractivity contribution in [1.82, 2.24) is 0 Å². The van der Waals surface area contributed by atoms with Crippen molar-refractivity contribution in [2.75, 3.05) is 16.6 Å². The first-order chi connectivity index (χ1) is 10.8. The Morgan fingerprint density at radius 2 is 2.00 bits per heavy atom. The van der Waals surface area contributed by atoms with Crippen molar-refractivity contribution in [2.24, 2.45) is 16.7 Å². The molecule has 4 rings (SSSR count). The summed E-state index contributed by atoms with van der Waals surface area (Å²) in [6.07, 6.45) is 3.00. The van der Waals surface area contributed by atoms with E-state index in [2.05, 4.69) is 13.8 Å². The summed E-state index contributed by atoms with van der Waals surface area (Å²) in [7, 11) is -3.49. The number of Topliss-reactive ketones (excluding diaryl/α,β-unsaturated/α-hetero) is 1. The summed E-state index contributed by atoms with van der Waals surface area (Å²) in [5, 5.41) is 0. The minimum absolute atomic E-state index is 0.0311. The molecule has 1 aliphatic heterocycles. The second kappa shape index (κ2) is 4.59. The Morgan fingerprint density at radius 1 is 1.26 bits per heavy atom. The molecule has 23 heavy (non-hydrogen) atoms. The normalized spacial score (nSPS) is 31.7.